The van der Waals surface area contributed by atoms with E-state index in [0.717, 1.165) is 10.5 Å². The lowest BCUT2D eigenvalue weighted by molar-refractivity contribution is -0.159. The first-order valence-electron chi connectivity index (χ1n) is 6.31. The van der Waals surface area contributed by atoms with Crippen molar-refractivity contribution in [2.75, 3.05) is 20.1 Å². The number of aromatic nitrogens is 1. The van der Waals surface area contributed by atoms with Crippen molar-refractivity contribution in [1.29, 1.82) is 0 Å². The fourth-order valence-corrected chi connectivity index (χ4v) is 2.39. The summed E-state index contributed by atoms with van der Waals surface area (Å²) in [6, 6.07) is 3.16. The fraction of sp³-hybridized carbons (Fsp3) is 0.538. The molecule has 110 valence electrons. The molecule has 2 heterocycles. The molecule has 0 N–H and O–H groups in total. The number of alkyl halides is 3. The number of hydrogen-bond acceptors (Lipinski definition) is 3. The Hall–Kier alpha value is -1.63. The SMILES string of the molecule is CN(Cc1ccncc1)[C@@H]1CCN(CC(F)(F)F)C1=O. The van der Waals surface area contributed by atoms with Crippen molar-refractivity contribution in [2.45, 2.75) is 25.2 Å². The summed E-state index contributed by atoms with van der Waals surface area (Å²) in [4.78, 5) is 18.6. The molecule has 1 aliphatic rings. The van der Waals surface area contributed by atoms with Gasteiger partial charge in [0.1, 0.15) is 6.54 Å². The largest absolute Gasteiger partial charge is 0.406 e. The first-order chi connectivity index (χ1) is 9.37. The Morgan fingerprint density at radius 3 is 2.65 bits per heavy atom. The number of hydrogen-bond donors (Lipinski definition) is 0. The van der Waals surface area contributed by atoms with Crippen LogP contribution < -0.4 is 0 Å². The lowest BCUT2D eigenvalue weighted by Gasteiger charge is -2.24. The van der Waals surface area contributed by atoms with E-state index in [9.17, 15) is 18.0 Å². The Labute approximate surface area is 115 Å². The summed E-state index contributed by atoms with van der Waals surface area (Å²) in [6.07, 6.45) is -0.615. The Bertz CT molecular complexity index is 464. The van der Waals surface area contributed by atoms with Gasteiger partial charge in [0.25, 0.3) is 0 Å². The maximum atomic E-state index is 12.3. The van der Waals surface area contributed by atoms with Gasteiger partial charge in [-0.05, 0) is 31.2 Å². The average Bonchev–Trinajstić information content (AvgIpc) is 2.70. The molecule has 0 spiro atoms. The smallest absolute Gasteiger partial charge is 0.332 e. The Kier molecular flexibility index (Phi) is 4.27. The van der Waals surface area contributed by atoms with Crippen LogP contribution in [0.1, 0.15) is 12.0 Å². The third-order valence-electron chi connectivity index (χ3n) is 3.35. The maximum Gasteiger partial charge on any atom is 0.406 e. The zero-order chi connectivity index (χ0) is 14.8. The van der Waals surface area contributed by atoms with Crippen LogP contribution in [-0.2, 0) is 11.3 Å². The first-order valence-corrected chi connectivity index (χ1v) is 6.31. The molecule has 1 saturated heterocycles. The summed E-state index contributed by atoms with van der Waals surface area (Å²) < 4.78 is 37.0. The number of pyridine rings is 1. The lowest BCUT2D eigenvalue weighted by Crippen LogP contribution is -2.42. The average molecular weight is 287 g/mol. The molecule has 1 fully saturated rings. The van der Waals surface area contributed by atoms with Crippen molar-refractivity contribution in [3.63, 3.8) is 0 Å². The summed E-state index contributed by atoms with van der Waals surface area (Å²) in [7, 11) is 1.75. The number of amides is 1. The molecule has 0 aliphatic carbocycles. The van der Waals surface area contributed by atoms with Gasteiger partial charge in [-0.1, -0.05) is 0 Å². The third kappa shape index (κ3) is 3.69. The lowest BCUT2D eigenvalue weighted by atomic mass is 10.2. The van der Waals surface area contributed by atoms with Gasteiger partial charge in [0.2, 0.25) is 5.91 Å². The van der Waals surface area contributed by atoms with E-state index in [2.05, 4.69) is 4.98 Å². The summed E-state index contributed by atoms with van der Waals surface area (Å²) in [5.41, 5.74) is 0.976. The fourth-order valence-electron chi connectivity index (χ4n) is 2.39. The van der Waals surface area contributed by atoms with E-state index in [1.54, 1.807) is 24.3 Å². The van der Waals surface area contributed by atoms with Crippen molar-refractivity contribution in [3.8, 4) is 0 Å². The van der Waals surface area contributed by atoms with Crippen molar-refractivity contribution in [3.05, 3.63) is 30.1 Å². The molecule has 1 aromatic heterocycles. The highest BCUT2D eigenvalue weighted by Crippen LogP contribution is 2.23. The minimum atomic E-state index is -4.34. The molecule has 0 unspecified atom stereocenters. The predicted molar refractivity (Wildman–Crippen MR) is 66.7 cm³/mol. The van der Waals surface area contributed by atoms with E-state index >= 15 is 0 Å². The van der Waals surface area contributed by atoms with Crippen LogP contribution in [0.2, 0.25) is 0 Å². The first kappa shape index (κ1) is 14.8. The van der Waals surface area contributed by atoms with Crippen LogP contribution in [0, 0.1) is 0 Å². The van der Waals surface area contributed by atoms with Gasteiger partial charge in [0.05, 0.1) is 6.04 Å². The van der Waals surface area contributed by atoms with E-state index in [0.29, 0.717) is 13.0 Å². The molecule has 1 aromatic rings. The molecule has 20 heavy (non-hydrogen) atoms. The van der Waals surface area contributed by atoms with Crippen LogP contribution in [0.5, 0.6) is 0 Å². The molecule has 0 aromatic carbocycles. The van der Waals surface area contributed by atoms with Gasteiger partial charge in [-0.3, -0.25) is 14.7 Å². The van der Waals surface area contributed by atoms with Gasteiger partial charge in [-0.25, -0.2) is 0 Å². The second kappa shape index (κ2) is 5.78. The second-order valence-electron chi connectivity index (χ2n) is 4.95. The maximum absolute atomic E-state index is 12.3. The van der Waals surface area contributed by atoms with Crippen LogP contribution >= 0.6 is 0 Å². The highest BCUT2D eigenvalue weighted by molar-refractivity contribution is 5.84. The number of rotatable bonds is 4. The number of nitrogens with zero attached hydrogens (tertiary/aromatic N) is 3. The molecule has 0 saturated carbocycles. The molecule has 1 atom stereocenters. The number of likely N-dealkylation sites (tertiary alicyclic amines) is 1. The normalized spacial score (nSPS) is 19.9. The summed E-state index contributed by atoms with van der Waals surface area (Å²) in [5.74, 6) is -0.445. The van der Waals surface area contributed by atoms with Crippen LogP contribution in [0.25, 0.3) is 0 Å². The van der Waals surface area contributed by atoms with Gasteiger partial charge < -0.3 is 4.90 Å². The Balaban J connectivity index is 1.95. The van der Waals surface area contributed by atoms with E-state index in [4.69, 9.17) is 0 Å². The third-order valence-corrected chi connectivity index (χ3v) is 3.35. The Morgan fingerprint density at radius 1 is 1.40 bits per heavy atom. The number of likely N-dealkylation sites (N-methyl/N-ethyl adjacent to an activating group) is 1. The molecule has 2 rings (SSSR count). The number of halogens is 3. The van der Waals surface area contributed by atoms with Crippen LogP contribution in [-0.4, -0.2) is 53.0 Å². The van der Waals surface area contributed by atoms with E-state index in [1.807, 2.05) is 12.1 Å². The highest BCUT2D eigenvalue weighted by atomic mass is 19.4. The van der Waals surface area contributed by atoms with Crippen molar-refractivity contribution < 1.29 is 18.0 Å². The van der Waals surface area contributed by atoms with Gasteiger partial charge in [-0.15, -0.1) is 0 Å². The topological polar surface area (TPSA) is 36.4 Å². The van der Waals surface area contributed by atoms with Gasteiger partial charge in [0, 0.05) is 25.5 Å². The number of carbonyl (C=O) groups excluding carboxylic acids is 1. The molecule has 1 amide bonds. The van der Waals surface area contributed by atoms with E-state index in [1.165, 1.54) is 0 Å². The number of carbonyl (C=O) groups is 1. The minimum absolute atomic E-state index is 0.156. The van der Waals surface area contributed by atoms with Gasteiger partial charge in [-0.2, -0.15) is 13.2 Å². The Morgan fingerprint density at radius 2 is 2.05 bits per heavy atom. The molecule has 0 bridgehead atoms. The second-order valence-corrected chi connectivity index (χ2v) is 4.95. The van der Waals surface area contributed by atoms with Crippen molar-refractivity contribution in [2.24, 2.45) is 0 Å². The van der Waals surface area contributed by atoms with E-state index in [-0.39, 0.29) is 6.54 Å². The predicted octanol–water partition coefficient (Wildman–Crippen LogP) is 1.68. The molecular formula is C13H16F3N3O. The van der Waals surface area contributed by atoms with Crippen molar-refractivity contribution >= 4 is 5.91 Å². The van der Waals surface area contributed by atoms with Gasteiger partial charge >= 0.3 is 6.18 Å². The zero-order valence-electron chi connectivity index (χ0n) is 11.1. The molecule has 4 nitrogen and oxygen atoms in total. The quantitative estimate of drug-likeness (QED) is 0.845. The van der Waals surface area contributed by atoms with Crippen LogP contribution in [0.3, 0.4) is 0 Å². The molecule has 0 radical (unpaired) electrons. The van der Waals surface area contributed by atoms with E-state index < -0.39 is 24.7 Å². The summed E-state index contributed by atoms with van der Waals surface area (Å²) in [6.45, 7) is -0.492. The standard InChI is InChI=1S/C13H16F3N3O/c1-18(8-10-2-5-17-6-3-10)11-4-7-19(12(11)20)9-13(14,15)16/h2-3,5-6,11H,4,7-9H2,1H3/t11-/m1/s1. The van der Waals surface area contributed by atoms with Crippen LogP contribution in [0.4, 0.5) is 13.2 Å². The summed E-state index contributed by atoms with van der Waals surface area (Å²) in [5, 5.41) is 0. The van der Waals surface area contributed by atoms with Crippen molar-refractivity contribution in [1.82, 2.24) is 14.8 Å². The minimum Gasteiger partial charge on any atom is -0.332 e. The van der Waals surface area contributed by atoms with Crippen LogP contribution in [0.15, 0.2) is 24.5 Å². The molecule has 7 heteroatoms. The molecular weight excluding hydrogens is 271 g/mol. The monoisotopic (exact) mass is 287 g/mol. The summed E-state index contributed by atoms with van der Waals surface area (Å²) >= 11 is 0. The highest BCUT2D eigenvalue weighted by Gasteiger charge is 2.40. The van der Waals surface area contributed by atoms with Gasteiger partial charge in [0.15, 0.2) is 0 Å². The zero-order valence-corrected chi connectivity index (χ0v) is 11.1. The molecule has 1 aliphatic heterocycles.